The summed E-state index contributed by atoms with van der Waals surface area (Å²) in [6.07, 6.45) is 3.18. The second-order valence-corrected chi connectivity index (χ2v) is 7.98. The molecular weight excluding hydrogens is 298 g/mol. The summed E-state index contributed by atoms with van der Waals surface area (Å²) >= 11 is 0. The molecule has 0 unspecified atom stereocenters. The summed E-state index contributed by atoms with van der Waals surface area (Å²) in [6.45, 7) is 3.91. The monoisotopic (exact) mass is 325 g/mol. The lowest BCUT2D eigenvalue weighted by Gasteiger charge is -2.24. The van der Waals surface area contributed by atoms with E-state index < -0.39 is 10.0 Å². The SMILES string of the molecule is CNS(=O)(=O)CCCN(C)Cc1ccccc1N1CCCC1. The largest absolute Gasteiger partial charge is 0.371 e. The minimum absolute atomic E-state index is 0.182. The summed E-state index contributed by atoms with van der Waals surface area (Å²) in [4.78, 5) is 4.65. The van der Waals surface area contributed by atoms with E-state index in [1.54, 1.807) is 0 Å². The van der Waals surface area contributed by atoms with Crippen LogP contribution in [-0.2, 0) is 16.6 Å². The number of hydrogen-bond donors (Lipinski definition) is 1. The van der Waals surface area contributed by atoms with Crippen molar-refractivity contribution in [2.75, 3.05) is 44.4 Å². The van der Waals surface area contributed by atoms with Gasteiger partial charge in [0.1, 0.15) is 0 Å². The van der Waals surface area contributed by atoms with Crippen molar-refractivity contribution in [2.45, 2.75) is 25.8 Å². The first-order chi connectivity index (χ1) is 10.5. The Balaban J connectivity index is 1.90. The average molecular weight is 325 g/mol. The highest BCUT2D eigenvalue weighted by atomic mass is 32.2. The quantitative estimate of drug-likeness (QED) is 0.790. The van der Waals surface area contributed by atoms with Crippen LogP contribution in [0, 0.1) is 0 Å². The molecule has 124 valence electrons. The molecular formula is C16H27N3O2S. The lowest BCUT2D eigenvalue weighted by molar-refractivity contribution is 0.328. The lowest BCUT2D eigenvalue weighted by Crippen LogP contribution is -2.27. The summed E-state index contributed by atoms with van der Waals surface area (Å²) in [7, 11) is 0.418. The zero-order chi connectivity index (χ0) is 16.0. The molecule has 0 spiro atoms. The minimum atomic E-state index is -3.09. The molecule has 1 aliphatic heterocycles. The Morgan fingerprint density at radius 2 is 1.91 bits per heavy atom. The molecule has 2 rings (SSSR count). The van der Waals surface area contributed by atoms with Gasteiger partial charge in [-0.2, -0.15) is 0 Å². The smallest absolute Gasteiger partial charge is 0.211 e. The van der Waals surface area contributed by atoms with Crippen LogP contribution in [0.3, 0.4) is 0 Å². The van der Waals surface area contributed by atoms with Gasteiger partial charge in [-0.15, -0.1) is 0 Å². The van der Waals surface area contributed by atoms with E-state index >= 15 is 0 Å². The Hall–Kier alpha value is -1.11. The van der Waals surface area contributed by atoms with E-state index in [1.807, 2.05) is 7.05 Å². The molecule has 0 aromatic heterocycles. The van der Waals surface area contributed by atoms with Gasteiger partial charge in [0.25, 0.3) is 0 Å². The highest BCUT2D eigenvalue weighted by molar-refractivity contribution is 7.89. The first kappa shape index (κ1) is 17.2. The Morgan fingerprint density at radius 1 is 1.23 bits per heavy atom. The van der Waals surface area contributed by atoms with Gasteiger partial charge in [-0.1, -0.05) is 18.2 Å². The van der Waals surface area contributed by atoms with Gasteiger partial charge in [0, 0.05) is 25.3 Å². The van der Waals surface area contributed by atoms with Gasteiger partial charge in [-0.05, 0) is 51.5 Å². The zero-order valence-corrected chi connectivity index (χ0v) is 14.4. The fourth-order valence-corrected chi connectivity index (χ4v) is 3.62. The van der Waals surface area contributed by atoms with E-state index in [-0.39, 0.29) is 5.75 Å². The number of benzene rings is 1. The van der Waals surface area contributed by atoms with E-state index in [1.165, 1.54) is 31.1 Å². The van der Waals surface area contributed by atoms with Crippen LogP contribution in [0.4, 0.5) is 5.69 Å². The number of hydrogen-bond acceptors (Lipinski definition) is 4. The molecule has 0 atom stereocenters. The predicted octanol–water partition coefficient (Wildman–Crippen LogP) is 1.66. The molecule has 6 heteroatoms. The third-order valence-corrected chi connectivity index (χ3v) is 5.59. The molecule has 1 aromatic carbocycles. The van der Waals surface area contributed by atoms with Crippen molar-refractivity contribution in [3.63, 3.8) is 0 Å². The van der Waals surface area contributed by atoms with Crippen molar-refractivity contribution in [1.82, 2.24) is 9.62 Å². The molecule has 0 bridgehead atoms. The van der Waals surface area contributed by atoms with Gasteiger partial charge >= 0.3 is 0 Å². The van der Waals surface area contributed by atoms with Crippen LogP contribution in [-0.4, -0.2) is 52.8 Å². The standard InChI is InChI=1S/C16H27N3O2S/c1-17-22(20,21)13-7-10-18(2)14-15-8-3-4-9-16(15)19-11-5-6-12-19/h3-4,8-9,17H,5-7,10-14H2,1-2H3. The normalized spacial score (nSPS) is 15.7. The van der Waals surface area contributed by atoms with Gasteiger partial charge in [-0.3, -0.25) is 0 Å². The van der Waals surface area contributed by atoms with Crippen LogP contribution in [0.15, 0.2) is 24.3 Å². The number of rotatable bonds is 8. The van der Waals surface area contributed by atoms with Crippen LogP contribution in [0.1, 0.15) is 24.8 Å². The van der Waals surface area contributed by atoms with Crippen LogP contribution in [0.5, 0.6) is 0 Å². The molecule has 0 amide bonds. The van der Waals surface area contributed by atoms with Crippen molar-refractivity contribution < 1.29 is 8.42 Å². The summed E-state index contributed by atoms with van der Waals surface area (Å²) < 4.78 is 25.2. The molecule has 1 N–H and O–H groups in total. The fourth-order valence-electron chi connectivity index (χ4n) is 2.91. The van der Waals surface area contributed by atoms with Gasteiger partial charge in [-0.25, -0.2) is 13.1 Å². The van der Waals surface area contributed by atoms with Crippen molar-refractivity contribution in [1.29, 1.82) is 0 Å². The third kappa shape index (κ3) is 4.97. The molecule has 0 radical (unpaired) electrons. The van der Waals surface area contributed by atoms with E-state index in [4.69, 9.17) is 0 Å². The lowest BCUT2D eigenvalue weighted by atomic mass is 10.1. The Kier molecular flexibility index (Phi) is 6.23. The fraction of sp³-hybridized carbons (Fsp3) is 0.625. The molecule has 22 heavy (non-hydrogen) atoms. The van der Waals surface area contributed by atoms with Gasteiger partial charge < -0.3 is 9.80 Å². The molecule has 1 heterocycles. The van der Waals surface area contributed by atoms with Crippen molar-refractivity contribution in [3.8, 4) is 0 Å². The number of anilines is 1. The maximum Gasteiger partial charge on any atom is 0.211 e. The van der Waals surface area contributed by atoms with E-state index in [2.05, 4.69) is 38.8 Å². The first-order valence-corrected chi connectivity index (χ1v) is 9.60. The van der Waals surface area contributed by atoms with Crippen LogP contribution >= 0.6 is 0 Å². The second-order valence-electron chi connectivity index (χ2n) is 5.94. The van der Waals surface area contributed by atoms with Crippen LogP contribution < -0.4 is 9.62 Å². The molecule has 1 aromatic rings. The number of nitrogens with zero attached hydrogens (tertiary/aromatic N) is 2. The maximum atomic E-state index is 11.4. The average Bonchev–Trinajstić information content (AvgIpc) is 3.01. The Labute approximate surface area is 134 Å². The van der Waals surface area contributed by atoms with Crippen LogP contribution in [0.25, 0.3) is 0 Å². The van der Waals surface area contributed by atoms with E-state index in [0.717, 1.165) is 26.2 Å². The van der Waals surface area contributed by atoms with Crippen molar-refractivity contribution in [2.24, 2.45) is 0 Å². The van der Waals surface area contributed by atoms with E-state index in [9.17, 15) is 8.42 Å². The van der Waals surface area contributed by atoms with Gasteiger partial charge in [0.05, 0.1) is 5.75 Å². The zero-order valence-electron chi connectivity index (χ0n) is 13.6. The Morgan fingerprint density at radius 3 is 2.59 bits per heavy atom. The molecule has 1 aliphatic rings. The third-order valence-electron chi connectivity index (χ3n) is 4.14. The highest BCUT2D eigenvalue weighted by Gasteiger charge is 2.16. The maximum absolute atomic E-state index is 11.4. The first-order valence-electron chi connectivity index (χ1n) is 7.94. The van der Waals surface area contributed by atoms with Crippen molar-refractivity contribution in [3.05, 3.63) is 29.8 Å². The van der Waals surface area contributed by atoms with Crippen molar-refractivity contribution >= 4 is 15.7 Å². The topological polar surface area (TPSA) is 52.7 Å². The summed E-state index contributed by atoms with van der Waals surface area (Å²) in [6, 6.07) is 8.54. The summed E-state index contributed by atoms with van der Waals surface area (Å²) in [5.41, 5.74) is 2.65. The van der Waals surface area contributed by atoms with E-state index in [0.29, 0.717) is 6.42 Å². The second kappa shape index (κ2) is 7.94. The van der Waals surface area contributed by atoms with Gasteiger partial charge in [0.15, 0.2) is 0 Å². The molecule has 0 aliphatic carbocycles. The van der Waals surface area contributed by atoms with Crippen LogP contribution in [0.2, 0.25) is 0 Å². The predicted molar refractivity (Wildman–Crippen MR) is 91.7 cm³/mol. The number of para-hydroxylation sites is 1. The summed E-state index contributed by atoms with van der Waals surface area (Å²) in [5, 5.41) is 0. The molecule has 1 fully saturated rings. The minimum Gasteiger partial charge on any atom is -0.371 e. The number of sulfonamides is 1. The van der Waals surface area contributed by atoms with Gasteiger partial charge in [0.2, 0.25) is 10.0 Å². The molecule has 0 saturated carbocycles. The summed E-state index contributed by atoms with van der Waals surface area (Å²) in [5.74, 6) is 0.182. The molecule has 5 nitrogen and oxygen atoms in total. The highest BCUT2D eigenvalue weighted by Crippen LogP contribution is 2.25. The molecule has 1 saturated heterocycles. The Bertz CT molecular complexity index is 569. The number of nitrogens with one attached hydrogen (secondary N) is 1.